The molecule has 21 heavy (non-hydrogen) atoms. The van der Waals surface area contributed by atoms with Crippen LogP contribution in [0.1, 0.15) is 24.2 Å². The standard InChI is InChI=1S/C12H15BrN2O5S/c1-3-15-11(16)7(2)20-12(17)9-6-8(21(14,18)19)4-5-10(9)13/h4-7H,3H2,1-2H3,(H,15,16)(H2,14,18,19)/t7-/m1/s1. The van der Waals surface area contributed by atoms with E-state index in [2.05, 4.69) is 21.2 Å². The maximum atomic E-state index is 12.0. The molecule has 0 unspecified atom stereocenters. The molecule has 1 aromatic rings. The van der Waals surface area contributed by atoms with E-state index in [9.17, 15) is 18.0 Å². The Kier molecular flexibility index (Phi) is 5.87. The van der Waals surface area contributed by atoms with Gasteiger partial charge in [0, 0.05) is 11.0 Å². The lowest BCUT2D eigenvalue weighted by Crippen LogP contribution is -2.35. The van der Waals surface area contributed by atoms with Crippen molar-refractivity contribution in [2.75, 3.05) is 6.54 Å². The van der Waals surface area contributed by atoms with Crippen LogP contribution in [0.25, 0.3) is 0 Å². The summed E-state index contributed by atoms with van der Waals surface area (Å²) in [5.41, 5.74) is -0.0299. The summed E-state index contributed by atoms with van der Waals surface area (Å²) in [4.78, 5) is 23.3. The van der Waals surface area contributed by atoms with E-state index in [-0.39, 0.29) is 10.5 Å². The van der Waals surface area contributed by atoms with Crippen LogP contribution in [0.3, 0.4) is 0 Å². The summed E-state index contributed by atoms with van der Waals surface area (Å²) >= 11 is 3.12. The maximum absolute atomic E-state index is 12.0. The second kappa shape index (κ2) is 7.01. The fraction of sp³-hybridized carbons (Fsp3) is 0.333. The topological polar surface area (TPSA) is 116 Å². The van der Waals surface area contributed by atoms with E-state index >= 15 is 0 Å². The van der Waals surface area contributed by atoms with E-state index in [0.717, 1.165) is 6.07 Å². The first-order valence-corrected chi connectivity index (χ1v) is 8.31. The minimum Gasteiger partial charge on any atom is -0.449 e. The normalized spacial score (nSPS) is 12.6. The minimum absolute atomic E-state index is 0.0299. The van der Waals surface area contributed by atoms with Crippen LogP contribution in [0.2, 0.25) is 0 Å². The Bertz CT molecular complexity index is 660. The molecule has 0 saturated carbocycles. The van der Waals surface area contributed by atoms with Gasteiger partial charge in [0.05, 0.1) is 10.5 Å². The molecule has 7 nitrogen and oxygen atoms in total. The van der Waals surface area contributed by atoms with Gasteiger partial charge in [-0.1, -0.05) is 0 Å². The third-order valence-corrected chi connectivity index (χ3v) is 4.09. The highest BCUT2D eigenvalue weighted by atomic mass is 79.9. The van der Waals surface area contributed by atoms with Crippen molar-refractivity contribution in [2.45, 2.75) is 24.8 Å². The van der Waals surface area contributed by atoms with Crippen molar-refractivity contribution < 1.29 is 22.7 Å². The van der Waals surface area contributed by atoms with E-state index in [0.29, 0.717) is 11.0 Å². The summed E-state index contributed by atoms with van der Waals surface area (Å²) < 4.78 is 27.9. The lowest BCUT2D eigenvalue weighted by Gasteiger charge is -2.13. The number of esters is 1. The molecule has 1 atom stereocenters. The second-order valence-corrected chi connectivity index (χ2v) is 6.54. The third kappa shape index (κ3) is 4.80. The van der Waals surface area contributed by atoms with Gasteiger partial charge in [0.15, 0.2) is 6.10 Å². The number of nitrogens with one attached hydrogen (secondary N) is 1. The predicted molar refractivity (Wildman–Crippen MR) is 79.1 cm³/mol. The van der Waals surface area contributed by atoms with Crippen LogP contribution in [0.5, 0.6) is 0 Å². The lowest BCUT2D eigenvalue weighted by atomic mass is 10.2. The number of ether oxygens (including phenoxy) is 1. The zero-order chi connectivity index (χ0) is 16.2. The Labute approximate surface area is 131 Å². The number of hydrogen-bond acceptors (Lipinski definition) is 5. The van der Waals surface area contributed by atoms with Crippen LogP contribution >= 0.6 is 15.9 Å². The molecule has 0 radical (unpaired) electrons. The summed E-state index contributed by atoms with van der Waals surface area (Å²) in [5.74, 6) is -1.27. The van der Waals surface area contributed by atoms with Gasteiger partial charge in [0.1, 0.15) is 0 Å². The first kappa shape index (κ1) is 17.6. The number of rotatable bonds is 5. The number of carbonyl (C=O) groups is 2. The summed E-state index contributed by atoms with van der Waals surface area (Å²) in [5, 5.41) is 7.51. The van der Waals surface area contributed by atoms with Gasteiger partial charge in [-0.05, 0) is 48.0 Å². The number of primary sulfonamides is 1. The van der Waals surface area contributed by atoms with Crippen molar-refractivity contribution in [1.29, 1.82) is 0 Å². The number of sulfonamides is 1. The minimum atomic E-state index is -3.94. The molecular formula is C12H15BrN2O5S. The fourth-order valence-corrected chi connectivity index (χ4v) is 2.38. The molecule has 0 bridgehead atoms. The number of amides is 1. The Morgan fingerprint density at radius 1 is 1.43 bits per heavy atom. The smallest absolute Gasteiger partial charge is 0.340 e. The highest BCUT2D eigenvalue weighted by molar-refractivity contribution is 9.10. The van der Waals surface area contributed by atoms with E-state index in [1.54, 1.807) is 6.92 Å². The Morgan fingerprint density at radius 3 is 2.57 bits per heavy atom. The maximum Gasteiger partial charge on any atom is 0.340 e. The van der Waals surface area contributed by atoms with Gasteiger partial charge in [-0.25, -0.2) is 18.4 Å². The van der Waals surface area contributed by atoms with E-state index in [1.165, 1.54) is 19.1 Å². The number of likely N-dealkylation sites (N-methyl/N-ethyl adjacent to an activating group) is 1. The van der Waals surface area contributed by atoms with Crippen LogP contribution in [-0.4, -0.2) is 32.9 Å². The van der Waals surface area contributed by atoms with Crippen LogP contribution in [0, 0.1) is 0 Å². The first-order valence-electron chi connectivity index (χ1n) is 5.97. The van der Waals surface area contributed by atoms with Crippen molar-refractivity contribution in [3.05, 3.63) is 28.2 Å². The van der Waals surface area contributed by atoms with Gasteiger partial charge in [0.25, 0.3) is 5.91 Å². The third-order valence-electron chi connectivity index (χ3n) is 2.49. The fourth-order valence-electron chi connectivity index (χ4n) is 1.43. The van der Waals surface area contributed by atoms with Gasteiger partial charge in [-0.2, -0.15) is 0 Å². The van der Waals surface area contributed by atoms with Crippen molar-refractivity contribution in [3.63, 3.8) is 0 Å². The summed E-state index contributed by atoms with van der Waals surface area (Å²) in [6.07, 6.45) is -0.998. The van der Waals surface area contributed by atoms with Gasteiger partial charge < -0.3 is 10.1 Å². The number of halogens is 1. The summed E-state index contributed by atoms with van der Waals surface area (Å²) in [6, 6.07) is 3.71. The van der Waals surface area contributed by atoms with Crippen molar-refractivity contribution >= 4 is 37.8 Å². The summed E-state index contributed by atoms with van der Waals surface area (Å²) in [7, 11) is -3.94. The average Bonchev–Trinajstić information content (AvgIpc) is 2.37. The van der Waals surface area contributed by atoms with Gasteiger partial charge >= 0.3 is 5.97 Å². The molecule has 0 aliphatic heterocycles. The number of hydrogen-bond donors (Lipinski definition) is 2. The van der Waals surface area contributed by atoms with Gasteiger partial charge in [-0.15, -0.1) is 0 Å². The van der Waals surface area contributed by atoms with Gasteiger partial charge in [0.2, 0.25) is 10.0 Å². The molecule has 116 valence electrons. The molecule has 0 fully saturated rings. The van der Waals surface area contributed by atoms with E-state index in [1.807, 2.05) is 0 Å². The predicted octanol–water partition coefficient (Wildman–Crippen LogP) is 0.778. The van der Waals surface area contributed by atoms with Crippen LogP contribution < -0.4 is 10.5 Å². The van der Waals surface area contributed by atoms with Crippen molar-refractivity contribution in [1.82, 2.24) is 5.32 Å². The average molecular weight is 379 g/mol. The zero-order valence-corrected chi connectivity index (χ0v) is 13.8. The SMILES string of the molecule is CCNC(=O)[C@@H](C)OC(=O)c1cc(S(N)(=O)=O)ccc1Br. The number of benzene rings is 1. The highest BCUT2D eigenvalue weighted by Gasteiger charge is 2.21. The molecule has 0 aliphatic rings. The molecule has 9 heteroatoms. The number of carbonyl (C=O) groups excluding carboxylic acids is 2. The molecular weight excluding hydrogens is 364 g/mol. The lowest BCUT2D eigenvalue weighted by molar-refractivity contribution is -0.128. The molecule has 3 N–H and O–H groups in total. The van der Waals surface area contributed by atoms with E-state index in [4.69, 9.17) is 9.88 Å². The monoisotopic (exact) mass is 378 g/mol. The number of nitrogens with two attached hydrogens (primary N) is 1. The van der Waals surface area contributed by atoms with E-state index < -0.39 is 28.0 Å². The molecule has 0 heterocycles. The quantitative estimate of drug-likeness (QED) is 0.734. The van der Waals surface area contributed by atoms with Crippen molar-refractivity contribution in [2.24, 2.45) is 5.14 Å². The molecule has 1 rings (SSSR count). The molecule has 0 saturated heterocycles. The largest absolute Gasteiger partial charge is 0.449 e. The first-order chi connectivity index (χ1) is 9.66. The molecule has 0 spiro atoms. The molecule has 1 amide bonds. The van der Waals surface area contributed by atoms with Crippen molar-refractivity contribution in [3.8, 4) is 0 Å². The zero-order valence-electron chi connectivity index (χ0n) is 11.4. The Hall–Kier alpha value is -1.45. The Balaban J connectivity index is 3.00. The molecule has 1 aromatic carbocycles. The Morgan fingerprint density at radius 2 is 2.05 bits per heavy atom. The van der Waals surface area contributed by atoms with Crippen LogP contribution in [-0.2, 0) is 19.6 Å². The molecule has 0 aromatic heterocycles. The van der Waals surface area contributed by atoms with Gasteiger partial charge in [-0.3, -0.25) is 4.79 Å². The van der Waals surface area contributed by atoms with Crippen LogP contribution in [0.4, 0.5) is 0 Å². The molecule has 0 aliphatic carbocycles. The summed E-state index contributed by atoms with van der Waals surface area (Å²) in [6.45, 7) is 3.56. The second-order valence-electron chi connectivity index (χ2n) is 4.13. The highest BCUT2D eigenvalue weighted by Crippen LogP contribution is 2.21. The van der Waals surface area contributed by atoms with Crippen LogP contribution in [0.15, 0.2) is 27.6 Å².